The van der Waals surface area contributed by atoms with E-state index in [1.54, 1.807) is 10.7 Å². The highest BCUT2D eigenvalue weighted by Gasteiger charge is 2.20. The Labute approximate surface area is 180 Å². The van der Waals surface area contributed by atoms with Gasteiger partial charge in [-0.25, -0.2) is 14.5 Å². The summed E-state index contributed by atoms with van der Waals surface area (Å²) < 4.78 is 7.11. The maximum Gasteiger partial charge on any atom is 0.255 e. The zero-order chi connectivity index (χ0) is 21.4. The summed E-state index contributed by atoms with van der Waals surface area (Å²) in [6.07, 6.45) is 9.85. The summed E-state index contributed by atoms with van der Waals surface area (Å²) in [5, 5.41) is 8.44. The van der Waals surface area contributed by atoms with Crippen LogP contribution < -0.4 is 5.32 Å². The second kappa shape index (κ2) is 8.11. The number of ether oxygens (including phenoxy) is 1. The SMILES string of the molecule is CC(C)Cc1ncc2c(-c3ccn4ncc(C(=O)NC5CCOCC5)c4c3)c[nH]c2n1. The second-order valence-corrected chi connectivity index (χ2v) is 8.51. The van der Waals surface area contributed by atoms with Crippen molar-refractivity contribution in [1.29, 1.82) is 0 Å². The van der Waals surface area contributed by atoms with E-state index in [0.29, 0.717) is 24.7 Å². The molecule has 0 radical (unpaired) electrons. The van der Waals surface area contributed by atoms with E-state index in [0.717, 1.165) is 52.8 Å². The lowest BCUT2D eigenvalue weighted by molar-refractivity contribution is 0.0697. The smallest absolute Gasteiger partial charge is 0.255 e. The van der Waals surface area contributed by atoms with Crippen LogP contribution in [0.2, 0.25) is 0 Å². The van der Waals surface area contributed by atoms with E-state index < -0.39 is 0 Å². The lowest BCUT2D eigenvalue weighted by Crippen LogP contribution is -2.38. The predicted molar refractivity (Wildman–Crippen MR) is 118 cm³/mol. The van der Waals surface area contributed by atoms with Crippen molar-refractivity contribution in [3.63, 3.8) is 0 Å². The molecule has 1 amide bonds. The Hall–Kier alpha value is -3.26. The summed E-state index contributed by atoms with van der Waals surface area (Å²) in [7, 11) is 0. The molecule has 0 aromatic carbocycles. The van der Waals surface area contributed by atoms with Gasteiger partial charge < -0.3 is 15.0 Å². The molecule has 5 rings (SSSR count). The molecule has 0 spiro atoms. The molecule has 8 nitrogen and oxygen atoms in total. The normalized spacial score (nSPS) is 15.2. The first kappa shape index (κ1) is 19.7. The molecule has 1 saturated heterocycles. The Morgan fingerprint density at radius 2 is 2.16 bits per heavy atom. The van der Waals surface area contributed by atoms with Crippen molar-refractivity contribution in [2.24, 2.45) is 5.92 Å². The van der Waals surface area contributed by atoms with Crippen LogP contribution in [0.15, 0.2) is 36.9 Å². The molecule has 5 heterocycles. The Bertz CT molecular complexity index is 1240. The van der Waals surface area contributed by atoms with Crippen LogP contribution in [0.5, 0.6) is 0 Å². The molecular formula is C23H26N6O2. The molecule has 1 fully saturated rings. The molecule has 1 aliphatic rings. The van der Waals surface area contributed by atoms with E-state index in [9.17, 15) is 4.79 Å². The summed E-state index contributed by atoms with van der Waals surface area (Å²) in [6, 6.07) is 4.13. The summed E-state index contributed by atoms with van der Waals surface area (Å²) in [5.41, 5.74) is 4.16. The largest absolute Gasteiger partial charge is 0.381 e. The number of nitrogens with one attached hydrogen (secondary N) is 2. The van der Waals surface area contributed by atoms with E-state index >= 15 is 0 Å². The maximum atomic E-state index is 12.9. The predicted octanol–water partition coefficient (Wildman–Crippen LogP) is 3.38. The molecule has 0 saturated carbocycles. The highest BCUT2D eigenvalue weighted by Crippen LogP contribution is 2.29. The van der Waals surface area contributed by atoms with Gasteiger partial charge in [-0.2, -0.15) is 5.10 Å². The number of amides is 1. The number of rotatable bonds is 5. The molecule has 4 aromatic rings. The molecule has 0 aliphatic carbocycles. The van der Waals surface area contributed by atoms with Gasteiger partial charge in [0.1, 0.15) is 11.5 Å². The van der Waals surface area contributed by atoms with Crippen LogP contribution in [0, 0.1) is 5.92 Å². The monoisotopic (exact) mass is 418 g/mol. The van der Waals surface area contributed by atoms with Crippen LogP contribution in [-0.4, -0.2) is 49.7 Å². The fourth-order valence-corrected chi connectivity index (χ4v) is 4.07. The van der Waals surface area contributed by atoms with Crippen LogP contribution in [0.3, 0.4) is 0 Å². The van der Waals surface area contributed by atoms with Gasteiger partial charge in [0.25, 0.3) is 5.91 Å². The minimum atomic E-state index is -0.0976. The van der Waals surface area contributed by atoms with Crippen LogP contribution in [0.1, 0.15) is 42.9 Å². The highest BCUT2D eigenvalue weighted by molar-refractivity contribution is 6.02. The number of aromatic amines is 1. The topological polar surface area (TPSA) is 97.2 Å². The molecular weight excluding hydrogens is 392 g/mol. The number of fused-ring (bicyclic) bond motifs is 2. The first-order chi connectivity index (χ1) is 15.1. The van der Waals surface area contributed by atoms with Gasteiger partial charge in [0.15, 0.2) is 0 Å². The summed E-state index contributed by atoms with van der Waals surface area (Å²) >= 11 is 0. The summed E-state index contributed by atoms with van der Waals surface area (Å²) in [5.74, 6) is 1.25. The maximum absolute atomic E-state index is 12.9. The van der Waals surface area contributed by atoms with Crippen molar-refractivity contribution in [3.05, 3.63) is 48.3 Å². The first-order valence-corrected chi connectivity index (χ1v) is 10.8. The number of carbonyl (C=O) groups excluding carboxylic acids is 1. The third kappa shape index (κ3) is 3.90. The van der Waals surface area contributed by atoms with Gasteiger partial charge in [0, 0.05) is 55.2 Å². The van der Waals surface area contributed by atoms with Gasteiger partial charge in [-0.3, -0.25) is 4.79 Å². The van der Waals surface area contributed by atoms with Crippen molar-refractivity contribution < 1.29 is 9.53 Å². The van der Waals surface area contributed by atoms with Crippen LogP contribution in [-0.2, 0) is 11.2 Å². The Balaban J connectivity index is 1.47. The lowest BCUT2D eigenvalue weighted by atomic mass is 10.1. The zero-order valence-electron chi connectivity index (χ0n) is 17.8. The molecule has 0 atom stereocenters. The molecule has 4 aromatic heterocycles. The Kier molecular flexibility index (Phi) is 5.15. The number of hydrogen-bond donors (Lipinski definition) is 2. The van der Waals surface area contributed by atoms with Gasteiger partial charge in [0.05, 0.1) is 17.3 Å². The van der Waals surface area contributed by atoms with Crippen molar-refractivity contribution in [2.75, 3.05) is 13.2 Å². The average molecular weight is 419 g/mol. The fraction of sp³-hybridized carbons (Fsp3) is 0.391. The number of carbonyl (C=O) groups is 1. The molecule has 1 aliphatic heterocycles. The Morgan fingerprint density at radius 3 is 2.97 bits per heavy atom. The molecule has 8 heteroatoms. The summed E-state index contributed by atoms with van der Waals surface area (Å²) in [4.78, 5) is 25.4. The van der Waals surface area contributed by atoms with Crippen molar-refractivity contribution >= 4 is 22.5 Å². The van der Waals surface area contributed by atoms with E-state index in [-0.39, 0.29) is 11.9 Å². The van der Waals surface area contributed by atoms with E-state index in [1.807, 2.05) is 30.7 Å². The van der Waals surface area contributed by atoms with Gasteiger partial charge in [-0.1, -0.05) is 13.8 Å². The van der Waals surface area contributed by atoms with E-state index in [4.69, 9.17) is 4.74 Å². The van der Waals surface area contributed by atoms with Gasteiger partial charge >= 0.3 is 0 Å². The van der Waals surface area contributed by atoms with Gasteiger partial charge in [-0.05, 0) is 36.5 Å². The standard InChI is InChI=1S/C23H26N6O2/c1-14(2)9-21-24-12-18-17(11-25-22(18)28-21)15-3-6-29-20(10-15)19(13-26-29)23(30)27-16-4-7-31-8-5-16/h3,6,10-14,16H,4-5,7-9H2,1-2H3,(H,27,30)(H,24,25,28). The lowest BCUT2D eigenvalue weighted by Gasteiger charge is -2.22. The molecule has 31 heavy (non-hydrogen) atoms. The minimum absolute atomic E-state index is 0.0976. The number of pyridine rings is 1. The third-order valence-electron chi connectivity index (χ3n) is 5.71. The molecule has 2 N–H and O–H groups in total. The number of H-pyrrole nitrogens is 1. The average Bonchev–Trinajstić information content (AvgIpc) is 3.37. The highest BCUT2D eigenvalue weighted by atomic mass is 16.5. The molecule has 0 unspecified atom stereocenters. The van der Waals surface area contributed by atoms with Crippen molar-refractivity contribution in [1.82, 2.24) is 29.9 Å². The van der Waals surface area contributed by atoms with E-state index in [2.05, 4.69) is 39.2 Å². The molecule has 0 bridgehead atoms. The molecule has 160 valence electrons. The zero-order valence-corrected chi connectivity index (χ0v) is 17.8. The van der Waals surface area contributed by atoms with Crippen molar-refractivity contribution in [3.8, 4) is 11.1 Å². The first-order valence-electron chi connectivity index (χ1n) is 10.8. The summed E-state index contributed by atoms with van der Waals surface area (Å²) in [6.45, 7) is 5.69. The minimum Gasteiger partial charge on any atom is -0.381 e. The van der Waals surface area contributed by atoms with Crippen LogP contribution >= 0.6 is 0 Å². The van der Waals surface area contributed by atoms with Crippen LogP contribution in [0.25, 0.3) is 27.7 Å². The van der Waals surface area contributed by atoms with Crippen LogP contribution in [0.4, 0.5) is 0 Å². The number of aromatic nitrogens is 5. The van der Waals surface area contributed by atoms with Crippen molar-refractivity contribution in [2.45, 2.75) is 39.2 Å². The number of hydrogen-bond acceptors (Lipinski definition) is 5. The quantitative estimate of drug-likeness (QED) is 0.518. The third-order valence-corrected chi connectivity index (χ3v) is 5.71. The second-order valence-electron chi connectivity index (χ2n) is 8.51. The number of nitrogens with zero attached hydrogens (tertiary/aromatic N) is 4. The van der Waals surface area contributed by atoms with Gasteiger partial charge in [-0.15, -0.1) is 0 Å². The Morgan fingerprint density at radius 1 is 1.32 bits per heavy atom. The fourth-order valence-electron chi connectivity index (χ4n) is 4.07. The van der Waals surface area contributed by atoms with E-state index in [1.165, 1.54) is 0 Å². The van der Waals surface area contributed by atoms with Gasteiger partial charge in [0.2, 0.25) is 0 Å².